The first kappa shape index (κ1) is 8.83. The first-order valence-electron chi connectivity index (χ1n) is 4.50. The molecule has 0 fully saturated rings. The number of nitrogens with zero attached hydrogens (tertiary/aromatic N) is 2. The number of hydrogen-bond acceptors (Lipinski definition) is 3. The van der Waals surface area contributed by atoms with E-state index < -0.39 is 0 Å². The summed E-state index contributed by atoms with van der Waals surface area (Å²) in [4.78, 5) is 11.4. The second-order valence-electron chi connectivity index (χ2n) is 2.93. The van der Waals surface area contributed by atoms with E-state index in [1.54, 1.807) is 11.2 Å². The molecule has 0 saturated heterocycles. The third-order valence-electron chi connectivity index (χ3n) is 1.92. The Labute approximate surface area is 82.3 Å². The molecule has 0 atom stereocenters. The number of fused-ring (bicyclic) bond motifs is 1. The van der Waals surface area contributed by atoms with Crippen LogP contribution < -0.4 is 10.9 Å². The minimum Gasteiger partial charge on any atom is -0.337 e. The fraction of sp³-hybridized carbons (Fsp3) is 0.222. The average Bonchev–Trinajstić information content (AvgIpc) is 2.61. The van der Waals surface area contributed by atoms with E-state index >= 15 is 0 Å². The maximum atomic E-state index is 11.4. The van der Waals surface area contributed by atoms with E-state index in [1.807, 2.05) is 31.4 Å². The molecule has 0 aromatic carbocycles. The van der Waals surface area contributed by atoms with Crippen molar-refractivity contribution in [1.29, 1.82) is 0 Å². The van der Waals surface area contributed by atoms with Crippen molar-refractivity contribution in [1.82, 2.24) is 20.9 Å². The van der Waals surface area contributed by atoms with E-state index in [0.29, 0.717) is 6.54 Å². The molecule has 2 N–H and O–H groups in total. The molecule has 0 unspecified atom stereocenters. The molecule has 5 heteroatoms. The van der Waals surface area contributed by atoms with Crippen LogP contribution in [-0.4, -0.2) is 22.6 Å². The number of rotatable bonds is 1. The van der Waals surface area contributed by atoms with Crippen LogP contribution in [-0.2, 0) is 0 Å². The van der Waals surface area contributed by atoms with E-state index in [9.17, 15) is 4.79 Å². The SMILES string of the molecule is CCNC(=O)N1C=C2C=CC=CN2N1. The van der Waals surface area contributed by atoms with Crippen molar-refractivity contribution in [3.8, 4) is 0 Å². The summed E-state index contributed by atoms with van der Waals surface area (Å²) in [7, 11) is 0. The van der Waals surface area contributed by atoms with Gasteiger partial charge >= 0.3 is 6.03 Å². The van der Waals surface area contributed by atoms with E-state index in [4.69, 9.17) is 0 Å². The second kappa shape index (κ2) is 3.55. The Morgan fingerprint density at radius 1 is 1.57 bits per heavy atom. The van der Waals surface area contributed by atoms with Crippen molar-refractivity contribution in [3.05, 3.63) is 36.3 Å². The quantitative estimate of drug-likeness (QED) is 0.642. The van der Waals surface area contributed by atoms with E-state index in [2.05, 4.69) is 10.9 Å². The highest BCUT2D eigenvalue weighted by atomic mass is 16.2. The normalized spacial score (nSPS) is 18.2. The van der Waals surface area contributed by atoms with Crippen molar-refractivity contribution in [2.24, 2.45) is 0 Å². The Morgan fingerprint density at radius 3 is 3.14 bits per heavy atom. The predicted octanol–water partition coefficient (Wildman–Crippen LogP) is 0.678. The zero-order valence-corrected chi connectivity index (χ0v) is 7.90. The van der Waals surface area contributed by atoms with Crippen LogP contribution in [0.3, 0.4) is 0 Å². The van der Waals surface area contributed by atoms with Gasteiger partial charge in [0.2, 0.25) is 0 Å². The lowest BCUT2D eigenvalue weighted by Gasteiger charge is -2.20. The maximum absolute atomic E-state index is 11.4. The summed E-state index contributed by atoms with van der Waals surface area (Å²) in [6.45, 7) is 2.50. The molecule has 0 spiro atoms. The van der Waals surface area contributed by atoms with Crippen molar-refractivity contribution in [2.75, 3.05) is 6.54 Å². The third-order valence-corrected chi connectivity index (χ3v) is 1.92. The van der Waals surface area contributed by atoms with E-state index in [1.165, 1.54) is 5.01 Å². The van der Waals surface area contributed by atoms with Crippen LogP contribution in [0.4, 0.5) is 4.79 Å². The van der Waals surface area contributed by atoms with Crippen LogP contribution >= 0.6 is 0 Å². The zero-order valence-electron chi connectivity index (χ0n) is 7.90. The van der Waals surface area contributed by atoms with Crippen LogP contribution in [0.1, 0.15) is 6.92 Å². The van der Waals surface area contributed by atoms with Gasteiger partial charge in [-0.3, -0.25) is 5.01 Å². The Bertz CT molecular complexity index is 332. The van der Waals surface area contributed by atoms with Crippen LogP contribution in [0.5, 0.6) is 0 Å². The summed E-state index contributed by atoms with van der Waals surface area (Å²) in [5, 5.41) is 5.89. The number of nitrogens with one attached hydrogen (secondary N) is 2. The Kier molecular flexibility index (Phi) is 2.24. The lowest BCUT2D eigenvalue weighted by atomic mass is 10.3. The lowest BCUT2D eigenvalue weighted by Crippen LogP contribution is -2.46. The van der Waals surface area contributed by atoms with Gasteiger partial charge in [0.15, 0.2) is 0 Å². The molecule has 5 nitrogen and oxygen atoms in total. The molecule has 2 rings (SSSR count). The molecule has 0 aromatic rings. The molecule has 0 aliphatic carbocycles. The van der Waals surface area contributed by atoms with Crippen LogP contribution in [0.15, 0.2) is 36.3 Å². The Morgan fingerprint density at radius 2 is 2.43 bits per heavy atom. The average molecular weight is 192 g/mol. The number of urea groups is 1. The molecule has 0 bridgehead atoms. The predicted molar refractivity (Wildman–Crippen MR) is 52.2 cm³/mol. The van der Waals surface area contributed by atoms with Crippen molar-refractivity contribution >= 4 is 6.03 Å². The molecule has 2 aliphatic rings. The van der Waals surface area contributed by atoms with Gasteiger partial charge < -0.3 is 5.32 Å². The van der Waals surface area contributed by atoms with Crippen LogP contribution in [0.25, 0.3) is 0 Å². The summed E-state index contributed by atoms with van der Waals surface area (Å²) in [6, 6.07) is -0.156. The molecular weight excluding hydrogens is 180 g/mol. The first-order valence-corrected chi connectivity index (χ1v) is 4.50. The van der Waals surface area contributed by atoms with Crippen molar-refractivity contribution in [3.63, 3.8) is 0 Å². The van der Waals surface area contributed by atoms with Gasteiger partial charge in [-0.05, 0) is 19.1 Å². The number of hydrogen-bond donors (Lipinski definition) is 2. The standard InChI is InChI=1S/C9H12N4O/c1-2-10-9(14)13-7-8-5-3-4-6-12(8)11-13/h3-7,11H,2H2,1H3,(H,10,14). The van der Waals surface area contributed by atoms with Gasteiger partial charge in [-0.25, -0.2) is 9.80 Å². The van der Waals surface area contributed by atoms with Crippen LogP contribution in [0, 0.1) is 0 Å². The summed E-state index contributed by atoms with van der Waals surface area (Å²) in [5.74, 6) is 0. The second-order valence-corrected chi connectivity index (χ2v) is 2.93. The Balaban J connectivity index is 2.06. The molecule has 0 saturated carbocycles. The number of carbonyl (C=O) groups is 1. The Hall–Kier alpha value is -1.75. The summed E-state index contributed by atoms with van der Waals surface area (Å²) < 4.78 is 0. The third kappa shape index (κ3) is 1.49. The van der Waals surface area contributed by atoms with Crippen LogP contribution in [0.2, 0.25) is 0 Å². The number of carbonyl (C=O) groups excluding carboxylic acids is 1. The molecule has 2 heterocycles. The minimum atomic E-state index is -0.156. The van der Waals surface area contributed by atoms with Gasteiger partial charge in [0.1, 0.15) is 0 Å². The molecule has 14 heavy (non-hydrogen) atoms. The molecule has 2 aliphatic heterocycles. The van der Waals surface area contributed by atoms with E-state index in [0.717, 1.165) is 5.70 Å². The van der Waals surface area contributed by atoms with Gasteiger partial charge in [-0.2, -0.15) is 0 Å². The number of amides is 2. The van der Waals surface area contributed by atoms with Crippen molar-refractivity contribution in [2.45, 2.75) is 6.92 Å². The molecule has 0 radical (unpaired) electrons. The van der Waals surface area contributed by atoms with E-state index in [-0.39, 0.29) is 6.03 Å². The van der Waals surface area contributed by atoms with Gasteiger partial charge in [0, 0.05) is 12.7 Å². The summed E-state index contributed by atoms with van der Waals surface area (Å²) >= 11 is 0. The monoisotopic (exact) mass is 192 g/mol. The summed E-state index contributed by atoms with van der Waals surface area (Å²) in [5.41, 5.74) is 3.84. The highest BCUT2D eigenvalue weighted by Crippen LogP contribution is 2.15. The molecule has 74 valence electrons. The van der Waals surface area contributed by atoms with Gasteiger partial charge in [0.25, 0.3) is 0 Å². The smallest absolute Gasteiger partial charge is 0.337 e. The van der Waals surface area contributed by atoms with Gasteiger partial charge in [-0.15, -0.1) is 5.53 Å². The van der Waals surface area contributed by atoms with Gasteiger partial charge in [0.05, 0.1) is 11.9 Å². The minimum absolute atomic E-state index is 0.156. The lowest BCUT2D eigenvalue weighted by molar-refractivity contribution is 0.166. The fourth-order valence-electron chi connectivity index (χ4n) is 1.27. The zero-order chi connectivity index (χ0) is 9.97. The molecular formula is C9H12N4O. The van der Waals surface area contributed by atoms with Gasteiger partial charge in [-0.1, -0.05) is 6.08 Å². The molecule has 2 amide bonds. The summed E-state index contributed by atoms with van der Waals surface area (Å²) in [6.07, 6.45) is 9.33. The molecule has 0 aromatic heterocycles. The maximum Gasteiger partial charge on any atom is 0.337 e. The number of allylic oxidation sites excluding steroid dienone is 3. The largest absolute Gasteiger partial charge is 0.337 e. The van der Waals surface area contributed by atoms with Crippen molar-refractivity contribution < 1.29 is 4.79 Å². The number of hydrazine groups is 2. The highest BCUT2D eigenvalue weighted by molar-refractivity contribution is 5.75. The fourth-order valence-corrected chi connectivity index (χ4v) is 1.27. The first-order chi connectivity index (χ1) is 6.81. The highest BCUT2D eigenvalue weighted by Gasteiger charge is 2.22. The topological polar surface area (TPSA) is 47.6 Å².